The zero-order valence-electron chi connectivity index (χ0n) is 21.8. The van der Waals surface area contributed by atoms with Gasteiger partial charge in [-0.15, -0.1) is 0 Å². The van der Waals surface area contributed by atoms with E-state index in [1.165, 1.54) is 51.4 Å². The van der Waals surface area contributed by atoms with E-state index in [0.29, 0.717) is 5.16 Å². The lowest BCUT2D eigenvalue weighted by molar-refractivity contribution is 0.277. The van der Waals surface area contributed by atoms with Crippen LogP contribution in [-0.2, 0) is 0 Å². The molecule has 0 nitrogen and oxygen atoms in total. The van der Waals surface area contributed by atoms with Crippen LogP contribution >= 0.6 is 15.8 Å². The highest BCUT2D eigenvalue weighted by Crippen LogP contribution is 2.66. The highest BCUT2D eigenvalue weighted by atomic mass is 31.1. The second kappa shape index (κ2) is 11.6. The van der Waals surface area contributed by atoms with Gasteiger partial charge in [-0.3, -0.25) is 0 Å². The molecule has 4 aromatic carbocycles. The summed E-state index contributed by atoms with van der Waals surface area (Å²) in [7, 11) is -0.822. The second-order valence-electron chi connectivity index (χ2n) is 10.9. The first-order valence-electron chi connectivity index (χ1n) is 14.1. The molecule has 0 N–H and O–H groups in total. The van der Waals surface area contributed by atoms with E-state index in [1.54, 1.807) is 21.2 Å². The molecular weight excluding hydrogens is 482 g/mol. The molecule has 188 valence electrons. The SMILES string of the molecule is c1ccc(P(c2ccccc2)C2CCC(C3CCCCC3)(P(c3ccccc3)c3ccccc3)C2)cc1. The van der Waals surface area contributed by atoms with Gasteiger partial charge in [0.05, 0.1) is 0 Å². The third-order valence-electron chi connectivity index (χ3n) is 8.77. The summed E-state index contributed by atoms with van der Waals surface area (Å²) in [6, 6.07) is 46.2. The summed E-state index contributed by atoms with van der Waals surface area (Å²) in [5.41, 5.74) is 0.735. The largest absolute Gasteiger partial charge is 0.0622 e. The van der Waals surface area contributed by atoms with E-state index in [9.17, 15) is 0 Å². The molecule has 2 aliphatic carbocycles. The summed E-state index contributed by atoms with van der Waals surface area (Å²) >= 11 is 0. The van der Waals surface area contributed by atoms with Gasteiger partial charge in [0.15, 0.2) is 0 Å². The van der Waals surface area contributed by atoms with E-state index in [0.717, 1.165) is 11.6 Å². The van der Waals surface area contributed by atoms with Crippen molar-refractivity contribution in [3.8, 4) is 0 Å². The summed E-state index contributed by atoms with van der Waals surface area (Å²) in [5, 5.41) is 6.65. The maximum atomic E-state index is 2.44. The Morgan fingerprint density at radius 1 is 0.486 bits per heavy atom. The van der Waals surface area contributed by atoms with E-state index in [1.807, 2.05) is 0 Å². The van der Waals surface area contributed by atoms with Crippen LogP contribution in [0.25, 0.3) is 0 Å². The minimum atomic E-state index is -0.438. The number of hydrogen-bond donors (Lipinski definition) is 0. The van der Waals surface area contributed by atoms with E-state index >= 15 is 0 Å². The predicted octanol–water partition coefficient (Wildman–Crippen LogP) is 8.12. The molecule has 0 spiro atoms. The van der Waals surface area contributed by atoms with Gasteiger partial charge in [-0.2, -0.15) is 0 Å². The topological polar surface area (TPSA) is 0 Å². The van der Waals surface area contributed by atoms with Crippen LogP contribution in [0.3, 0.4) is 0 Å². The molecule has 4 aromatic rings. The molecule has 0 aromatic heterocycles. The molecular formula is C35H38P2. The fourth-order valence-corrected chi connectivity index (χ4v) is 14.0. The quantitative estimate of drug-likeness (QED) is 0.216. The third-order valence-corrected chi connectivity index (χ3v) is 14.9. The Morgan fingerprint density at radius 3 is 1.38 bits per heavy atom. The van der Waals surface area contributed by atoms with Crippen LogP contribution in [0.5, 0.6) is 0 Å². The van der Waals surface area contributed by atoms with Crippen LogP contribution in [0.1, 0.15) is 51.4 Å². The van der Waals surface area contributed by atoms with Gasteiger partial charge >= 0.3 is 0 Å². The molecule has 2 heteroatoms. The summed E-state index contributed by atoms with van der Waals surface area (Å²) in [4.78, 5) is 0. The molecule has 0 radical (unpaired) electrons. The average Bonchev–Trinajstić information content (AvgIpc) is 3.41. The smallest absolute Gasteiger partial charge is 0.00203 e. The van der Waals surface area contributed by atoms with Crippen molar-refractivity contribution in [3.05, 3.63) is 121 Å². The van der Waals surface area contributed by atoms with Crippen LogP contribution in [0.15, 0.2) is 121 Å². The lowest BCUT2D eigenvalue weighted by Crippen LogP contribution is -2.41. The lowest BCUT2D eigenvalue weighted by Gasteiger charge is -2.47. The van der Waals surface area contributed by atoms with Crippen LogP contribution in [0, 0.1) is 5.92 Å². The number of rotatable bonds is 7. The molecule has 2 atom stereocenters. The van der Waals surface area contributed by atoms with Gasteiger partial charge in [0.25, 0.3) is 0 Å². The standard InChI is InChI=1S/C35H38P2/c1-6-16-29(17-7-1)35(37(32-22-12-4-13-23-32)33-24-14-5-15-25-33)27-26-34(28-35)36(30-18-8-2-9-19-30)31-20-10-3-11-21-31/h2-5,8-15,18-25,29,34H,1,6-7,16-17,26-28H2. The monoisotopic (exact) mass is 520 g/mol. The van der Waals surface area contributed by atoms with Gasteiger partial charge in [0.2, 0.25) is 0 Å². The summed E-state index contributed by atoms with van der Waals surface area (Å²) in [6.07, 6.45) is 11.2. The van der Waals surface area contributed by atoms with Crippen molar-refractivity contribution < 1.29 is 0 Å². The highest BCUT2D eigenvalue weighted by Gasteiger charge is 2.52. The predicted molar refractivity (Wildman–Crippen MR) is 165 cm³/mol. The van der Waals surface area contributed by atoms with Crippen molar-refractivity contribution in [1.29, 1.82) is 0 Å². The lowest BCUT2D eigenvalue weighted by atomic mass is 9.78. The van der Waals surface area contributed by atoms with Crippen molar-refractivity contribution in [3.63, 3.8) is 0 Å². The maximum absolute atomic E-state index is 2.44. The van der Waals surface area contributed by atoms with Crippen molar-refractivity contribution in [2.24, 2.45) is 5.92 Å². The van der Waals surface area contributed by atoms with Crippen LogP contribution < -0.4 is 21.2 Å². The Morgan fingerprint density at radius 2 is 0.919 bits per heavy atom. The molecule has 6 rings (SSSR count). The second-order valence-corrected chi connectivity index (χ2v) is 16.0. The molecule has 0 heterocycles. The summed E-state index contributed by atoms with van der Waals surface area (Å²) in [5.74, 6) is 0.834. The van der Waals surface area contributed by atoms with Gasteiger partial charge in [-0.05, 0) is 80.7 Å². The Kier molecular flexibility index (Phi) is 7.88. The normalized spacial score (nSPS) is 22.5. The molecule has 2 unspecified atom stereocenters. The molecule has 2 aliphatic rings. The van der Waals surface area contributed by atoms with Gasteiger partial charge in [0, 0.05) is 5.16 Å². The first-order valence-corrected chi connectivity index (χ1v) is 16.9. The minimum Gasteiger partial charge on any atom is -0.0622 e. The first-order chi connectivity index (χ1) is 18.4. The Labute approximate surface area is 226 Å². The van der Waals surface area contributed by atoms with E-state index in [4.69, 9.17) is 0 Å². The average molecular weight is 521 g/mol. The Hall–Kier alpha value is -2.26. The van der Waals surface area contributed by atoms with Gasteiger partial charge < -0.3 is 0 Å². The molecule has 0 amide bonds. The van der Waals surface area contributed by atoms with Crippen LogP contribution in [0.2, 0.25) is 0 Å². The van der Waals surface area contributed by atoms with Crippen molar-refractivity contribution >= 4 is 37.1 Å². The first kappa shape index (κ1) is 25.0. The Balaban J connectivity index is 1.46. The fourth-order valence-electron chi connectivity index (χ4n) is 7.21. The minimum absolute atomic E-state index is 0.382. The van der Waals surface area contributed by atoms with Gasteiger partial charge in [-0.25, -0.2) is 0 Å². The zero-order chi connectivity index (χ0) is 24.9. The molecule has 0 bridgehead atoms. The van der Waals surface area contributed by atoms with Crippen molar-refractivity contribution in [2.45, 2.75) is 62.2 Å². The van der Waals surface area contributed by atoms with Crippen molar-refractivity contribution in [1.82, 2.24) is 0 Å². The molecule has 0 aliphatic heterocycles. The van der Waals surface area contributed by atoms with Gasteiger partial charge in [0.1, 0.15) is 0 Å². The third kappa shape index (κ3) is 5.21. The van der Waals surface area contributed by atoms with Crippen molar-refractivity contribution in [2.75, 3.05) is 0 Å². The molecule has 2 fully saturated rings. The van der Waals surface area contributed by atoms with E-state index in [2.05, 4.69) is 121 Å². The van der Waals surface area contributed by atoms with E-state index < -0.39 is 7.92 Å². The molecule has 2 saturated carbocycles. The van der Waals surface area contributed by atoms with E-state index in [-0.39, 0.29) is 7.92 Å². The maximum Gasteiger partial charge on any atom is 0.00203 e. The molecule has 37 heavy (non-hydrogen) atoms. The molecule has 0 saturated heterocycles. The summed E-state index contributed by atoms with van der Waals surface area (Å²) in [6.45, 7) is 0. The van der Waals surface area contributed by atoms with Crippen LogP contribution in [-0.4, -0.2) is 10.8 Å². The fraction of sp³-hybridized carbons (Fsp3) is 0.314. The Bertz CT molecular complexity index is 1160. The highest BCUT2D eigenvalue weighted by molar-refractivity contribution is 7.75. The van der Waals surface area contributed by atoms with Crippen LogP contribution in [0.4, 0.5) is 0 Å². The number of benzene rings is 4. The number of hydrogen-bond acceptors (Lipinski definition) is 0. The zero-order valence-corrected chi connectivity index (χ0v) is 23.5. The summed E-state index contributed by atoms with van der Waals surface area (Å²) < 4.78 is 0. The van der Waals surface area contributed by atoms with Gasteiger partial charge in [-0.1, -0.05) is 141 Å².